The van der Waals surface area contributed by atoms with E-state index in [-0.39, 0.29) is 12.1 Å². The van der Waals surface area contributed by atoms with E-state index in [9.17, 15) is 13.2 Å². The summed E-state index contributed by atoms with van der Waals surface area (Å²) < 4.78 is 37.8. The highest BCUT2D eigenvalue weighted by Crippen LogP contribution is 2.27. The van der Waals surface area contributed by atoms with E-state index >= 15 is 0 Å². The van der Waals surface area contributed by atoms with Gasteiger partial charge in [0.1, 0.15) is 0 Å². The van der Waals surface area contributed by atoms with Gasteiger partial charge in [0.15, 0.2) is 5.82 Å². The van der Waals surface area contributed by atoms with Gasteiger partial charge in [0.2, 0.25) is 0 Å². The Hall–Kier alpha value is -1.77. The molecule has 0 aliphatic rings. The Morgan fingerprint density at radius 2 is 2.21 bits per heavy atom. The quantitative estimate of drug-likeness (QED) is 0.793. The van der Waals surface area contributed by atoms with E-state index in [2.05, 4.69) is 4.98 Å². The minimum absolute atomic E-state index is 0.269. The van der Waals surface area contributed by atoms with E-state index in [0.29, 0.717) is 0 Å². The van der Waals surface area contributed by atoms with Gasteiger partial charge in [-0.3, -0.25) is 4.98 Å². The highest BCUT2D eigenvalue weighted by Gasteiger charge is 2.21. The van der Waals surface area contributed by atoms with Gasteiger partial charge in [-0.2, -0.15) is 5.26 Å². The molecule has 14 heavy (non-hydrogen) atoms. The molecule has 1 heterocycles. The molecule has 1 rings (SSSR count). The summed E-state index contributed by atoms with van der Waals surface area (Å²) in [6.07, 6.45) is -2.46. The van der Waals surface area contributed by atoms with Crippen LogP contribution in [0.1, 0.15) is 17.7 Å². The zero-order chi connectivity index (χ0) is 10.7. The van der Waals surface area contributed by atoms with Crippen molar-refractivity contribution in [2.45, 2.75) is 12.8 Å². The maximum absolute atomic E-state index is 13.1. The second-order valence-electron chi connectivity index (χ2n) is 2.52. The van der Waals surface area contributed by atoms with Gasteiger partial charge in [-0.1, -0.05) is 0 Å². The van der Waals surface area contributed by atoms with Gasteiger partial charge < -0.3 is 5.73 Å². The lowest BCUT2D eigenvalue weighted by molar-refractivity contribution is 0.145. The molecule has 3 nitrogen and oxygen atoms in total. The predicted molar refractivity (Wildman–Crippen MR) is 42.9 cm³/mol. The van der Waals surface area contributed by atoms with Gasteiger partial charge >= 0.3 is 0 Å². The molecule has 1 aromatic heterocycles. The molecule has 0 radical (unpaired) electrons. The third kappa shape index (κ3) is 1.76. The SMILES string of the molecule is N#CCc1ncc(N)c(F)c1C(F)F. The number of pyridine rings is 1. The number of nitrogen functional groups attached to an aromatic ring is 1. The fourth-order valence-electron chi connectivity index (χ4n) is 0.993. The van der Waals surface area contributed by atoms with E-state index < -0.39 is 23.5 Å². The van der Waals surface area contributed by atoms with Crippen molar-refractivity contribution in [2.75, 3.05) is 5.73 Å². The van der Waals surface area contributed by atoms with Gasteiger partial charge in [-0.05, 0) is 0 Å². The van der Waals surface area contributed by atoms with Crippen LogP contribution in [0.3, 0.4) is 0 Å². The molecule has 0 aliphatic carbocycles. The zero-order valence-electron chi connectivity index (χ0n) is 6.97. The van der Waals surface area contributed by atoms with Gasteiger partial charge in [-0.25, -0.2) is 13.2 Å². The van der Waals surface area contributed by atoms with Crippen LogP contribution in [0.25, 0.3) is 0 Å². The van der Waals surface area contributed by atoms with Crippen LogP contribution in [0.5, 0.6) is 0 Å². The number of rotatable bonds is 2. The van der Waals surface area contributed by atoms with Crippen LogP contribution in [0.2, 0.25) is 0 Å². The number of nitrogens with zero attached hydrogens (tertiary/aromatic N) is 2. The molecule has 0 amide bonds. The molecule has 74 valence electrons. The Balaban J connectivity index is 3.31. The summed E-state index contributed by atoms with van der Waals surface area (Å²) >= 11 is 0. The summed E-state index contributed by atoms with van der Waals surface area (Å²) in [7, 11) is 0. The third-order valence-corrected chi connectivity index (χ3v) is 1.63. The van der Waals surface area contributed by atoms with Crippen molar-refractivity contribution < 1.29 is 13.2 Å². The molecule has 6 heteroatoms. The molecule has 2 N–H and O–H groups in total. The molecule has 0 aromatic carbocycles. The lowest BCUT2D eigenvalue weighted by Gasteiger charge is -2.07. The second-order valence-corrected chi connectivity index (χ2v) is 2.52. The monoisotopic (exact) mass is 201 g/mol. The van der Waals surface area contributed by atoms with Gasteiger partial charge in [0, 0.05) is 0 Å². The first-order valence-corrected chi connectivity index (χ1v) is 3.65. The number of hydrogen-bond donors (Lipinski definition) is 1. The molecule has 0 atom stereocenters. The van der Waals surface area contributed by atoms with Crippen LogP contribution in [0.15, 0.2) is 6.20 Å². The highest BCUT2D eigenvalue weighted by molar-refractivity contribution is 5.43. The Morgan fingerprint density at radius 3 is 2.71 bits per heavy atom. The number of halogens is 3. The van der Waals surface area contributed by atoms with Crippen LogP contribution in [0, 0.1) is 17.1 Å². The molecular weight excluding hydrogens is 195 g/mol. The molecule has 0 saturated carbocycles. The van der Waals surface area contributed by atoms with Gasteiger partial charge in [0.05, 0.1) is 35.6 Å². The Bertz CT molecular complexity index is 384. The Morgan fingerprint density at radius 1 is 1.57 bits per heavy atom. The lowest BCUT2D eigenvalue weighted by atomic mass is 10.1. The van der Waals surface area contributed by atoms with Crippen molar-refractivity contribution in [3.63, 3.8) is 0 Å². The topological polar surface area (TPSA) is 62.7 Å². The summed E-state index contributed by atoms with van der Waals surface area (Å²) in [5.41, 5.74) is 3.48. The predicted octanol–water partition coefficient (Wildman–Crippen LogP) is 1.81. The average molecular weight is 201 g/mol. The van der Waals surface area contributed by atoms with Crippen molar-refractivity contribution in [1.82, 2.24) is 4.98 Å². The fourth-order valence-corrected chi connectivity index (χ4v) is 0.993. The molecule has 0 unspecified atom stereocenters. The number of hydrogen-bond acceptors (Lipinski definition) is 3. The number of alkyl halides is 2. The maximum Gasteiger partial charge on any atom is 0.268 e. The third-order valence-electron chi connectivity index (χ3n) is 1.63. The largest absolute Gasteiger partial charge is 0.395 e. The number of nitrogens with two attached hydrogens (primary N) is 1. The molecule has 0 aliphatic heterocycles. The van der Waals surface area contributed by atoms with Crippen molar-refractivity contribution in [3.8, 4) is 6.07 Å². The Kier molecular flexibility index (Phi) is 2.92. The van der Waals surface area contributed by atoms with Gasteiger partial charge in [0.25, 0.3) is 6.43 Å². The number of anilines is 1. The summed E-state index contributed by atoms with van der Waals surface area (Å²) in [4.78, 5) is 3.48. The van der Waals surface area contributed by atoms with E-state index in [0.717, 1.165) is 6.20 Å². The minimum Gasteiger partial charge on any atom is -0.395 e. The van der Waals surface area contributed by atoms with Crippen LogP contribution in [-0.2, 0) is 6.42 Å². The summed E-state index contributed by atoms with van der Waals surface area (Å²) in [6.45, 7) is 0. The minimum atomic E-state index is -3.02. The maximum atomic E-state index is 13.1. The highest BCUT2D eigenvalue weighted by atomic mass is 19.3. The van der Waals surface area contributed by atoms with Crippen LogP contribution >= 0.6 is 0 Å². The summed E-state index contributed by atoms with van der Waals surface area (Å²) in [6, 6.07) is 1.62. The van der Waals surface area contributed by atoms with Crippen molar-refractivity contribution in [3.05, 3.63) is 23.3 Å². The second kappa shape index (κ2) is 3.96. The average Bonchev–Trinajstić information content (AvgIpc) is 2.11. The molecule has 0 saturated heterocycles. The van der Waals surface area contributed by atoms with Crippen molar-refractivity contribution in [2.24, 2.45) is 0 Å². The number of nitriles is 1. The molecule has 0 spiro atoms. The van der Waals surface area contributed by atoms with Crippen molar-refractivity contribution >= 4 is 5.69 Å². The van der Waals surface area contributed by atoms with Crippen LogP contribution in [0.4, 0.5) is 18.9 Å². The van der Waals surface area contributed by atoms with Crippen LogP contribution < -0.4 is 5.73 Å². The van der Waals surface area contributed by atoms with E-state index in [1.807, 2.05) is 0 Å². The van der Waals surface area contributed by atoms with E-state index in [4.69, 9.17) is 11.0 Å². The molecule has 0 fully saturated rings. The standard InChI is InChI=1S/C8H6F3N3/c9-7-4(13)3-14-5(1-2-12)6(7)8(10)11/h3,8H,1,13H2. The normalized spacial score (nSPS) is 10.2. The molecule has 0 bridgehead atoms. The first-order valence-electron chi connectivity index (χ1n) is 3.65. The smallest absolute Gasteiger partial charge is 0.268 e. The molecule has 1 aromatic rings. The van der Waals surface area contributed by atoms with E-state index in [1.165, 1.54) is 0 Å². The first-order chi connectivity index (χ1) is 6.57. The summed E-state index contributed by atoms with van der Waals surface area (Å²) in [5.74, 6) is -1.19. The lowest BCUT2D eigenvalue weighted by Crippen LogP contribution is -2.05. The number of aromatic nitrogens is 1. The van der Waals surface area contributed by atoms with Crippen molar-refractivity contribution in [1.29, 1.82) is 5.26 Å². The van der Waals surface area contributed by atoms with E-state index in [1.54, 1.807) is 6.07 Å². The summed E-state index contributed by atoms with van der Waals surface area (Å²) in [5, 5.41) is 8.30. The van der Waals surface area contributed by atoms with Crippen LogP contribution in [-0.4, -0.2) is 4.98 Å². The van der Waals surface area contributed by atoms with Gasteiger partial charge in [-0.15, -0.1) is 0 Å². The molecular formula is C8H6F3N3. The fraction of sp³-hybridized carbons (Fsp3) is 0.250. The Labute approximate surface area is 78.0 Å². The first kappa shape index (κ1) is 10.3. The zero-order valence-corrected chi connectivity index (χ0v) is 6.97.